The first-order valence-corrected chi connectivity index (χ1v) is 8.34. The maximum atomic E-state index is 13.6. The molecule has 0 radical (unpaired) electrons. The molecule has 0 spiro atoms. The topological polar surface area (TPSA) is 36.4 Å². The van der Waals surface area contributed by atoms with Crippen LogP contribution in [0.3, 0.4) is 0 Å². The summed E-state index contributed by atoms with van der Waals surface area (Å²) >= 11 is 10.8. The molecule has 0 aliphatic rings. The molecule has 0 heterocycles. The Morgan fingerprint density at radius 1 is 1.04 bits per heavy atom. The molecule has 2 N–H and O–H groups in total. The molecule has 2 rings (SSSR count). The number of halogens is 4. The summed E-state index contributed by atoms with van der Waals surface area (Å²) in [7, 11) is 0. The van der Waals surface area contributed by atoms with Gasteiger partial charge in [-0.25, -0.2) is 13.2 Å². The van der Waals surface area contributed by atoms with Crippen molar-refractivity contribution in [2.45, 2.75) is 12.8 Å². The van der Waals surface area contributed by atoms with Crippen LogP contribution in [0.15, 0.2) is 47.6 Å². The Balaban J connectivity index is 2.08. The van der Waals surface area contributed by atoms with E-state index in [1.54, 1.807) is 12.1 Å². The lowest BCUT2D eigenvalue weighted by atomic mass is 10.1. The molecular weight excluding hydrogens is 371 g/mol. The SMILES string of the molecule is Fc1ccc(/C(CCCCl)=N/NC(=S)Nc2ccc(F)cc2F)cc1. The molecule has 0 aromatic heterocycles. The summed E-state index contributed by atoms with van der Waals surface area (Å²) in [5.41, 5.74) is 3.98. The fourth-order valence-electron chi connectivity index (χ4n) is 2.00. The first-order chi connectivity index (χ1) is 12.0. The van der Waals surface area contributed by atoms with Crippen LogP contribution < -0.4 is 10.7 Å². The number of alkyl halides is 1. The highest BCUT2D eigenvalue weighted by atomic mass is 35.5. The minimum Gasteiger partial charge on any atom is -0.329 e. The highest BCUT2D eigenvalue weighted by Gasteiger charge is 2.07. The average Bonchev–Trinajstić information content (AvgIpc) is 2.58. The third-order valence-electron chi connectivity index (χ3n) is 3.20. The second-order valence-corrected chi connectivity index (χ2v) is 5.83. The number of hydrogen-bond donors (Lipinski definition) is 2. The molecule has 0 aliphatic carbocycles. The summed E-state index contributed by atoms with van der Waals surface area (Å²) in [5, 5.41) is 6.82. The Labute approximate surface area is 153 Å². The molecule has 8 heteroatoms. The van der Waals surface area contributed by atoms with Crippen LogP contribution in [0, 0.1) is 17.5 Å². The van der Waals surface area contributed by atoms with Gasteiger partial charge in [-0.15, -0.1) is 11.6 Å². The molecule has 0 aliphatic heterocycles. The fourth-order valence-corrected chi connectivity index (χ4v) is 2.29. The predicted molar refractivity (Wildman–Crippen MR) is 98.6 cm³/mol. The third kappa shape index (κ3) is 6.03. The van der Waals surface area contributed by atoms with E-state index in [9.17, 15) is 13.2 Å². The molecule has 132 valence electrons. The highest BCUT2D eigenvalue weighted by molar-refractivity contribution is 7.80. The van der Waals surface area contributed by atoms with Crippen molar-refractivity contribution in [2.24, 2.45) is 5.10 Å². The van der Waals surface area contributed by atoms with Gasteiger partial charge in [-0.05, 0) is 54.9 Å². The van der Waals surface area contributed by atoms with Crippen LogP contribution in [0.1, 0.15) is 18.4 Å². The van der Waals surface area contributed by atoms with Gasteiger partial charge in [0.15, 0.2) is 5.11 Å². The molecule has 0 saturated heterocycles. The minimum absolute atomic E-state index is 0.0261. The average molecular weight is 386 g/mol. The summed E-state index contributed by atoms with van der Waals surface area (Å²) in [6, 6.07) is 8.95. The Kier molecular flexibility index (Phi) is 7.21. The van der Waals surface area contributed by atoms with Crippen molar-refractivity contribution in [3.63, 3.8) is 0 Å². The normalized spacial score (nSPS) is 11.3. The smallest absolute Gasteiger partial charge is 0.191 e. The van der Waals surface area contributed by atoms with E-state index in [-0.39, 0.29) is 16.6 Å². The molecule has 0 unspecified atom stereocenters. The second-order valence-electron chi connectivity index (χ2n) is 5.05. The van der Waals surface area contributed by atoms with E-state index in [4.69, 9.17) is 23.8 Å². The first kappa shape index (κ1) is 19.2. The quantitative estimate of drug-likeness (QED) is 0.324. The lowest BCUT2D eigenvalue weighted by Gasteiger charge is -2.10. The molecule has 2 aromatic rings. The van der Waals surface area contributed by atoms with Gasteiger partial charge < -0.3 is 5.32 Å². The Hall–Kier alpha value is -2.12. The summed E-state index contributed by atoms with van der Waals surface area (Å²) in [6.45, 7) is 0. The number of thiocarbonyl (C=S) groups is 1. The summed E-state index contributed by atoms with van der Waals surface area (Å²) < 4.78 is 39.6. The van der Waals surface area contributed by atoms with Crippen molar-refractivity contribution < 1.29 is 13.2 Å². The number of hydrogen-bond acceptors (Lipinski definition) is 2. The van der Waals surface area contributed by atoms with E-state index in [1.165, 1.54) is 18.2 Å². The van der Waals surface area contributed by atoms with Crippen LogP contribution >= 0.6 is 23.8 Å². The Bertz CT molecular complexity index is 766. The molecule has 2 aromatic carbocycles. The lowest BCUT2D eigenvalue weighted by Crippen LogP contribution is -2.26. The van der Waals surface area contributed by atoms with E-state index in [0.717, 1.165) is 17.7 Å². The molecule has 25 heavy (non-hydrogen) atoms. The third-order valence-corrected chi connectivity index (χ3v) is 3.66. The van der Waals surface area contributed by atoms with E-state index in [1.807, 2.05) is 0 Å². The van der Waals surface area contributed by atoms with Crippen LogP contribution in [0.2, 0.25) is 0 Å². The molecule has 0 saturated carbocycles. The van der Waals surface area contributed by atoms with E-state index in [2.05, 4.69) is 15.8 Å². The van der Waals surface area contributed by atoms with Crippen molar-refractivity contribution in [1.29, 1.82) is 0 Å². The van der Waals surface area contributed by atoms with Gasteiger partial charge in [0.1, 0.15) is 17.5 Å². The van der Waals surface area contributed by atoms with Gasteiger partial charge in [-0.3, -0.25) is 5.43 Å². The molecular formula is C17H15ClF3N3S. The maximum absolute atomic E-state index is 13.6. The van der Waals surface area contributed by atoms with Crippen LogP contribution in [0.25, 0.3) is 0 Å². The highest BCUT2D eigenvalue weighted by Crippen LogP contribution is 2.15. The van der Waals surface area contributed by atoms with Crippen molar-refractivity contribution in [2.75, 3.05) is 11.2 Å². The van der Waals surface area contributed by atoms with Gasteiger partial charge in [0.05, 0.1) is 11.4 Å². The van der Waals surface area contributed by atoms with Crippen molar-refractivity contribution >= 4 is 40.3 Å². The number of nitrogens with one attached hydrogen (secondary N) is 2. The monoisotopic (exact) mass is 385 g/mol. The number of benzene rings is 2. The zero-order valence-electron chi connectivity index (χ0n) is 13.0. The van der Waals surface area contributed by atoms with Crippen molar-refractivity contribution in [3.05, 3.63) is 65.5 Å². The van der Waals surface area contributed by atoms with Crippen molar-refractivity contribution in [1.82, 2.24) is 5.43 Å². The zero-order valence-corrected chi connectivity index (χ0v) is 14.6. The number of nitrogens with zero attached hydrogens (tertiary/aromatic N) is 1. The summed E-state index contributed by atoms with van der Waals surface area (Å²) in [5.74, 6) is -1.35. The largest absolute Gasteiger partial charge is 0.329 e. The van der Waals surface area contributed by atoms with E-state index in [0.29, 0.717) is 24.4 Å². The van der Waals surface area contributed by atoms with Gasteiger partial charge in [-0.1, -0.05) is 12.1 Å². The molecule has 0 fully saturated rings. The molecule has 0 atom stereocenters. The molecule has 0 bridgehead atoms. The van der Waals surface area contributed by atoms with Crippen LogP contribution in [0.4, 0.5) is 18.9 Å². The Morgan fingerprint density at radius 2 is 1.72 bits per heavy atom. The number of hydrazone groups is 1. The van der Waals surface area contributed by atoms with Crippen LogP contribution in [0.5, 0.6) is 0 Å². The van der Waals surface area contributed by atoms with Crippen molar-refractivity contribution in [3.8, 4) is 0 Å². The van der Waals surface area contributed by atoms with Gasteiger partial charge in [0, 0.05) is 11.9 Å². The van der Waals surface area contributed by atoms with E-state index < -0.39 is 11.6 Å². The zero-order chi connectivity index (χ0) is 18.2. The Morgan fingerprint density at radius 3 is 2.36 bits per heavy atom. The van der Waals surface area contributed by atoms with Gasteiger partial charge in [-0.2, -0.15) is 5.10 Å². The van der Waals surface area contributed by atoms with Gasteiger partial charge in [0.25, 0.3) is 0 Å². The van der Waals surface area contributed by atoms with Gasteiger partial charge in [0.2, 0.25) is 0 Å². The predicted octanol–water partition coefficient (Wildman–Crippen LogP) is 4.81. The molecule has 3 nitrogen and oxygen atoms in total. The second kappa shape index (κ2) is 9.39. The van der Waals surface area contributed by atoms with E-state index >= 15 is 0 Å². The van der Waals surface area contributed by atoms with Crippen LogP contribution in [-0.4, -0.2) is 16.7 Å². The summed E-state index contributed by atoms with van der Waals surface area (Å²) in [6.07, 6.45) is 1.22. The fraction of sp³-hybridized carbons (Fsp3) is 0.176. The maximum Gasteiger partial charge on any atom is 0.191 e. The summed E-state index contributed by atoms with van der Waals surface area (Å²) in [4.78, 5) is 0. The minimum atomic E-state index is -0.769. The standard InChI is InChI=1S/C17H15ClF3N3S/c18-9-1-2-15(11-3-5-12(19)6-4-11)23-24-17(25)22-16-8-7-13(20)10-14(16)21/h3-8,10H,1-2,9H2,(H2,22,24,25)/b23-15+. The van der Waals surface area contributed by atoms with Gasteiger partial charge >= 0.3 is 0 Å². The number of rotatable bonds is 6. The first-order valence-electron chi connectivity index (χ1n) is 7.40. The number of anilines is 1. The lowest BCUT2D eigenvalue weighted by molar-refractivity contribution is 0.586. The van der Waals surface area contributed by atoms with Crippen LogP contribution in [-0.2, 0) is 0 Å². The molecule has 0 amide bonds.